The summed E-state index contributed by atoms with van der Waals surface area (Å²) < 4.78 is 6.81. The van der Waals surface area contributed by atoms with E-state index in [9.17, 15) is 9.59 Å². The standard InChI is InChI=1S/C22H32N6O3/c1-7-16-13(2)23-20(26-19(16)29)28-18(12-17(27-28)22(3,4)5)25-21(30)24-14-9-8-10-15(11-14)31-6/h8-13,16,20,23H,7H2,1-6H3,(H,26,29)(H2,24,25,30). The van der Waals surface area contributed by atoms with Crippen LogP contribution in [0, 0.1) is 5.92 Å². The topological polar surface area (TPSA) is 109 Å². The number of benzene rings is 1. The third-order valence-electron chi connectivity index (χ3n) is 5.40. The van der Waals surface area contributed by atoms with Crippen LogP contribution in [-0.2, 0) is 10.2 Å². The Hall–Kier alpha value is -3.07. The Morgan fingerprint density at radius 2 is 2.00 bits per heavy atom. The second-order valence-corrected chi connectivity index (χ2v) is 8.80. The molecule has 1 aromatic carbocycles. The van der Waals surface area contributed by atoms with Gasteiger partial charge in [-0.05, 0) is 25.5 Å². The number of carbonyl (C=O) groups is 2. The molecule has 9 nitrogen and oxygen atoms in total. The number of methoxy groups -OCH3 is 1. The number of hydrogen-bond donors (Lipinski definition) is 4. The SMILES string of the molecule is CCC1C(=O)NC(n2nc(C(C)(C)C)cc2NC(=O)Nc2cccc(OC)c2)NC1C. The minimum Gasteiger partial charge on any atom is -0.497 e. The molecule has 0 bridgehead atoms. The molecule has 0 aliphatic carbocycles. The third kappa shape index (κ3) is 5.16. The summed E-state index contributed by atoms with van der Waals surface area (Å²) >= 11 is 0. The van der Waals surface area contributed by atoms with Gasteiger partial charge >= 0.3 is 6.03 Å². The van der Waals surface area contributed by atoms with Crippen molar-refractivity contribution in [2.75, 3.05) is 17.7 Å². The summed E-state index contributed by atoms with van der Waals surface area (Å²) in [5.74, 6) is 0.983. The van der Waals surface area contributed by atoms with Crippen LogP contribution in [0.2, 0.25) is 0 Å². The summed E-state index contributed by atoms with van der Waals surface area (Å²) in [5.41, 5.74) is 1.16. The van der Waals surface area contributed by atoms with E-state index in [0.717, 1.165) is 12.1 Å². The van der Waals surface area contributed by atoms with Crippen LogP contribution in [0.5, 0.6) is 5.75 Å². The minimum atomic E-state index is -0.562. The van der Waals surface area contributed by atoms with Crippen molar-refractivity contribution in [3.63, 3.8) is 0 Å². The van der Waals surface area contributed by atoms with E-state index in [1.165, 1.54) is 0 Å². The lowest BCUT2D eigenvalue weighted by atomic mass is 9.92. The summed E-state index contributed by atoms with van der Waals surface area (Å²) in [5, 5.41) is 16.7. The molecule has 4 N–H and O–H groups in total. The number of rotatable bonds is 5. The summed E-state index contributed by atoms with van der Waals surface area (Å²) in [6, 6.07) is 8.48. The van der Waals surface area contributed by atoms with Crippen LogP contribution in [0.3, 0.4) is 0 Å². The lowest BCUT2D eigenvalue weighted by molar-refractivity contribution is -0.130. The van der Waals surface area contributed by atoms with Crippen molar-refractivity contribution in [3.05, 3.63) is 36.0 Å². The number of amides is 3. The van der Waals surface area contributed by atoms with E-state index < -0.39 is 12.3 Å². The predicted octanol–water partition coefficient (Wildman–Crippen LogP) is 3.42. The van der Waals surface area contributed by atoms with Gasteiger partial charge in [-0.1, -0.05) is 33.8 Å². The Morgan fingerprint density at radius 1 is 1.26 bits per heavy atom. The Morgan fingerprint density at radius 3 is 2.61 bits per heavy atom. The highest BCUT2D eigenvalue weighted by Gasteiger charge is 2.35. The first-order chi connectivity index (χ1) is 14.6. The fraction of sp³-hybridized carbons (Fsp3) is 0.500. The zero-order chi connectivity index (χ0) is 22.8. The van der Waals surface area contributed by atoms with E-state index in [0.29, 0.717) is 17.3 Å². The molecule has 1 saturated heterocycles. The van der Waals surface area contributed by atoms with Gasteiger partial charge in [0.05, 0.1) is 18.7 Å². The van der Waals surface area contributed by atoms with Gasteiger partial charge in [-0.15, -0.1) is 0 Å². The van der Waals surface area contributed by atoms with Crippen LogP contribution in [0.1, 0.15) is 53.0 Å². The second kappa shape index (κ2) is 8.97. The lowest BCUT2D eigenvalue weighted by Gasteiger charge is -2.35. The fourth-order valence-electron chi connectivity index (χ4n) is 3.58. The maximum absolute atomic E-state index is 12.7. The quantitative estimate of drug-likeness (QED) is 0.583. The molecular weight excluding hydrogens is 396 g/mol. The lowest BCUT2D eigenvalue weighted by Crippen LogP contribution is -2.57. The number of hydrogen-bond acceptors (Lipinski definition) is 5. The molecule has 1 fully saturated rings. The average molecular weight is 429 g/mol. The molecule has 31 heavy (non-hydrogen) atoms. The summed E-state index contributed by atoms with van der Waals surface area (Å²) in [4.78, 5) is 25.2. The molecule has 2 aromatic rings. The van der Waals surface area contributed by atoms with E-state index in [4.69, 9.17) is 4.74 Å². The molecule has 1 aliphatic heterocycles. The Balaban J connectivity index is 1.84. The van der Waals surface area contributed by atoms with Crippen molar-refractivity contribution < 1.29 is 14.3 Å². The zero-order valence-electron chi connectivity index (χ0n) is 18.9. The third-order valence-corrected chi connectivity index (χ3v) is 5.40. The molecule has 3 amide bonds. The monoisotopic (exact) mass is 428 g/mol. The molecule has 1 aromatic heterocycles. The van der Waals surface area contributed by atoms with E-state index >= 15 is 0 Å². The maximum Gasteiger partial charge on any atom is 0.324 e. The van der Waals surface area contributed by atoms with E-state index in [1.807, 2.05) is 40.7 Å². The highest BCUT2D eigenvalue weighted by molar-refractivity contribution is 5.99. The van der Waals surface area contributed by atoms with Crippen molar-refractivity contribution >= 4 is 23.4 Å². The van der Waals surface area contributed by atoms with Crippen LogP contribution < -0.4 is 26.0 Å². The summed E-state index contributed by atoms with van der Waals surface area (Å²) in [6.07, 6.45) is 0.182. The van der Waals surface area contributed by atoms with Crippen LogP contribution in [0.25, 0.3) is 0 Å². The van der Waals surface area contributed by atoms with Gasteiger partial charge in [0.15, 0.2) is 6.29 Å². The number of urea groups is 1. The van der Waals surface area contributed by atoms with Gasteiger partial charge in [-0.3, -0.25) is 15.4 Å². The summed E-state index contributed by atoms with van der Waals surface area (Å²) in [6.45, 7) is 10.1. The van der Waals surface area contributed by atoms with Crippen molar-refractivity contribution in [2.45, 2.75) is 58.8 Å². The molecule has 0 spiro atoms. The molecule has 0 saturated carbocycles. The van der Waals surface area contributed by atoms with Gasteiger partial charge in [0.25, 0.3) is 0 Å². The van der Waals surface area contributed by atoms with Crippen LogP contribution in [0.15, 0.2) is 30.3 Å². The molecular formula is C22H32N6O3. The maximum atomic E-state index is 12.7. The Labute approximate surface area is 182 Å². The first-order valence-corrected chi connectivity index (χ1v) is 10.5. The largest absolute Gasteiger partial charge is 0.497 e. The van der Waals surface area contributed by atoms with Gasteiger partial charge in [-0.2, -0.15) is 5.10 Å². The number of anilines is 2. The summed E-state index contributed by atoms with van der Waals surface area (Å²) in [7, 11) is 1.57. The van der Waals surface area contributed by atoms with Crippen LogP contribution in [-0.4, -0.2) is 34.9 Å². The highest BCUT2D eigenvalue weighted by Crippen LogP contribution is 2.27. The predicted molar refractivity (Wildman–Crippen MR) is 120 cm³/mol. The molecule has 9 heteroatoms. The van der Waals surface area contributed by atoms with Crippen molar-refractivity contribution in [3.8, 4) is 5.75 Å². The normalized spacial score (nSPS) is 21.4. The second-order valence-electron chi connectivity index (χ2n) is 8.80. The van der Waals surface area contributed by atoms with E-state index in [-0.39, 0.29) is 23.3 Å². The first kappa shape index (κ1) is 22.6. The number of nitrogens with one attached hydrogen (secondary N) is 4. The van der Waals surface area contributed by atoms with Gasteiger partial charge in [0.1, 0.15) is 11.6 Å². The minimum absolute atomic E-state index is 0.0236. The molecule has 168 valence electrons. The van der Waals surface area contributed by atoms with Crippen molar-refractivity contribution in [2.24, 2.45) is 5.92 Å². The van der Waals surface area contributed by atoms with E-state index in [1.54, 1.807) is 36.1 Å². The number of ether oxygens (including phenoxy) is 1. The number of nitrogens with zero attached hydrogens (tertiary/aromatic N) is 2. The molecule has 0 radical (unpaired) electrons. The molecule has 3 unspecified atom stereocenters. The zero-order valence-corrected chi connectivity index (χ0v) is 18.9. The highest BCUT2D eigenvalue weighted by atomic mass is 16.5. The van der Waals surface area contributed by atoms with Crippen molar-refractivity contribution in [1.82, 2.24) is 20.4 Å². The molecule has 1 aliphatic rings. The van der Waals surface area contributed by atoms with Gasteiger partial charge < -0.3 is 15.4 Å². The van der Waals surface area contributed by atoms with Crippen LogP contribution >= 0.6 is 0 Å². The molecule has 2 heterocycles. The molecule has 3 atom stereocenters. The van der Waals surface area contributed by atoms with Crippen molar-refractivity contribution in [1.29, 1.82) is 0 Å². The van der Waals surface area contributed by atoms with Crippen LogP contribution in [0.4, 0.5) is 16.3 Å². The average Bonchev–Trinajstić information content (AvgIpc) is 3.12. The molecule has 3 rings (SSSR count). The number of aromatic nitrogens is 2. The van der Waals surface area contributed by atoms with E-state index in [2.05, 4.69) is 26.4 Å². The van der Waals surface area contributed by atoms with Gasteiger partial charge in [0.2, 0.25) is 5.91 Å². The van der Waals surface area contributed by atoms with Gasteiger partial charge in [0, 0.05) is 29.3 Å². The number of carbonyl (C=O) groups excluding carboxylic acids is 2. The van der Waals surface area contributed by atoms with Gasteiger partial charge in [-0.25, -0.2) is 9.48 Å². The Bertz CT molecular complexity index is 949. The Kier molecular flexibility index (Phi) is 6.54. The smallest absolute Gasteiger partial charge is 0.324 e. The fourth-order valence-corrected chi connectivity index (χ4v) is 3.58. The first-order valence-electron chi connectivity index (χ1n) is 10.5.